The minimum atomic E-state index is -4.50. The Balaban J connectivity index is 2.57. The van der Waals surface area contributed by atoms with Gasteiger partial charge in [-0.1, -0.05) is 0 Å². The molecule has 0 saturated carbocycles. The van der Waals surface area contributed by atoms with Gasteiger partial charge in [0, 0.05) is 24.0 Å². The fourth-order valence-corrected chi connectivity index (χ4v) is 1.40. The molecule has 0 aliphatic heterocycles. The van der Waals surface area contributed by atoms with Crippen LogP contribution in [0.15, 0.2) is 18.5 Å². The summed E-state index contributed by atoms with van der Waals surface area (Å²) >= 11 is 0. The SMILES string of the molecule is CC(C)(C#N)c1cnc2cc(C(F)(F)F)nn2c1. The molecule has 4 nitrogen and oxygen atoms in total. The van der Waals surface area contributed by atoms with Gasteiger partial charge in [-0.25, -0.2) is 9.50 Å². The van der Waals surface area contributed by atoms with Gasteiger partial charge < -0.3 is 0 Å². The van der Waals surface area contributed by atoms with E-state index in [-0.39, 0.29) is 5.65 Å². The summed E-state index contributed by atoms with van der Waals surface area (Å²) in [6, 6.07) is 2.92. The first kappa shape index (κ1) is 12.4. The Morgan fingerprint density at radius 3 is 2.56 bits per heavy atom. The Morgan fingerprint density at radius 1 is 1.33 bits per heavy atom. The molecule has 2 rings (SSSR count). The molecule has 0 aliphatic rings. The van der Waals surface area contributed by atoms with Crippen molar-refractivity contribution in [1.82, 2.24) is 14.6 Å². The Labute approximate surface area is 101 Å². The first-order valence-electron chi connectivity index (χ1n) is 5.08. The highest BCUT2D eigenvalue weighted by molar-refractivity contribution is 5.41. The normalized spacial score (nSPS) is 12.7. The Bertz CT molecular complexity index is 634. The summed E-state index contributed by atoms with van der Waals surface area (Å²) in [5.74, 6) is 0. The number of halogens is 3. The summed E-state index contributed by atoms with van der Waals surface area (Å²) < 4.78 is 38.5. The number of hydrogen-bond acceptors (Lipinski definition) is 3. The van der Waals surface area contributed by atoms with Crippen LogP contribution in [0.1, 0.15) is 25.1 Å². The summed E-state index contributed by atoms with van der Waals surface area (Å²) in [6.45, 7) is 3.31. The van der Waals surface area contributed by atoms with E-state index in [2.05, 4.69) is 16.2 Å². The van der Waals surface area contributed by atoms with Crippen molar-refractivity contribution in [1.29, 1.82) is 5.26 Å². The maximum absolute atomic E-state index is 12.5. The lowest BCUT2D eigenvalue weighted by Crippen LogP contribution is -2.15. The zero-order valence-corrected chi connectivity index (χ0v) is 9.65. The number of nitrogens with zero attached hydrogens (tertiary/aromatic N) is 4. The quantitative estimate of drug-likeness (QED) is 0.785. The van der Waals surface area contributed by atoms with Gasteiger partial charge in [-0.05, 0) is 13.8 Å². The van der Waals surface area contributed by atoms with Crippen LogP contribution < -0.4 is 0 Å². The van der Waals surface area contributed by atoms with Crippen LogP contribution in [0.3, 0.4) is 0 Å². The van der Waals surface area contributed by atoms with Crippen LogP contribution in [-0.4, -0.2) is 14.6 Å². The fraction of sp³-hybridized carbons (Fsp3) is 0.364. The summed E-state index contributed by atoms with van der Waals surface area (Å²) in [5, 5.41) is 12.4. The minimum Gasteiger partial charge on any atom is -0.237 e. The van der Waals surface area contributed by atoms with E-state index in [9.17, 15) is 13.2 Å². The van der Waals surface area contributed by atoms with Gasteiger partial charge in [0.2, 0.25) is 0 Å². The van der Waals surface area contributed by atoms with Crippen molar-refractivity contribution in [2.45, 2.75) is 25.4 Å². The standard InChI is InChI=1S/C11H9F3N4/c1-10(2,6-15)7-4-16-9-3-8(11(12,13)14)17-18(9)5-7/h3-5H,1-2H3. The Morgan fingerprint density at radius 2 is 2.00 bits per heavy atom. The van der Waals surface area contributed by atoms with Crippen molar-refractivity contribution in [3.63, 3.8) is 0 Å². The number of rotatable bonds is 1. The van der Waals surface area contributed by atoms with Crippen LogP contribution >= 0.6 is 0 Å². The van der Waals surface area contributed by atoms with E-state index < -0.39 is 17.3 Å². The highest BCUT2D eigenvalue weighted by atomic mass is 19.4. The van der Waals surface area contributed by atoms with Gasteiger partial charge in [0.15, 0.2) is 11.3 Å². The van der Waals surface area contributed by atoms with E-state index in [1.165, 1.54) is 12.4 Å². The molecule has 0 aliphatic carbocycles. The predicted octanol–water partition coefficient (Wildman–Crippen LogP) is 2.55. The summed E-state index contributed by atoms with van der Waals surface area (Å²) in [5.41, 5.74) is -1.22. The highest BCUT2D eigenvalue weighted by Gasteiger charge is 2.34. The second kappa shape index (κ2) is 3.70. The van der Waals surface area contributed by atoms with E-state index in [0.717, 1.165) is 10.6 Å². The molecule has 0 radical (unpaired) electrons. The lowest BCUT2D eigenvalue weighted by Gasteiger charge is -2.14. The molecule has 0 amide bonds. The van der Waals surface area contributed by atoms with Crippen LogP contribution in [0.2, 0.25) is 0 Å². The smallest absolute Gasteiger partial charge is 0.237 e. The van der Waals surface area contributed by atoms with Gasteiger partial charge in [0.25, 0.3) is 0 Å². The largest absolute Gasteiger partial charge is 0.435 e. The third kappa shape index (κ3) is 2.01. The summed E-state index contributed by atoms with van der Waals surface area (Å²) in [4.78, 5) is 3.88. The van der Waals surface area contributed by atoms with Gasteiger partial charge in [0.05, 0.1) is 11.5 Å². The van der Waals surface area contributed by atoms with E-state index >= 15 is 0 Å². The summed E-state index contributed by atoms with van der Waals surface area (Å²) in [6.07, 6.45) is -1.72. The molecule has 0 saturated heterocycles. The van der Waals surface area contributed by atoms with Gasteiger partial charge in [-0.15, -0.1) is 0 Å². The van der Waals surface area contributed by atoms with Crippen LogP contribution in [-0.2, 0) is 11.6 Å². The van der Waals surface area contributed by atoms with Gasteiger partial charge in [-0.2, -0.15) is 23.5 Å². The van der Waals surface area contributed by atoms with Crippen molar-refractivity contribution in [2.75, 3.05) is 0 Å². The van der Waals surface area contributed by atoms with Gasteiger partial charge in [0.1, 0.15) is 0 Å². The Hall–Kier alpha value is -2.10. The number of hydrogen-bond donors (Lipinski definition) is 0. The number of nitriles is 1. The molecule has 7 heteroatoms. The van der Waals surface area contributed by atoms with Crippen molar-refractivity contribution >= 4 is 5.65 Å². The molecule has 0 bridgehead atoms. The molecule has 0 N–H and O–H groups in total. The average Bonchev–Trinajstić information content (AvgIpc) is 2.71. The molecular formula is C11H9F3N4. The van der Waals surface area contributed by atoms with E-state index in [1.807, 2.05) is 0 Å². The van der Waals surface area contributed by atoms with Crippen LogP contribution in [0.4, 0.5) is 13.2 Å². The van der Waals surface area contributed by atoms with Crippen LogP contribution in [0.25, 0.3) is 5.65 Å². The molecule has 2 aromatic rings. The molecule has 18 heavy (non-hydrogen) atoms. The molecule has 0 aromatic carbocycles. The van der Waals surface area contributed by atoms with Crippen LogP contribution in [0.5, 0.6) is 0 Å². The molecule has 0 fully saturated rings. The molecule has 94 valence electrons. The molecule has 2 heterocycles. The average molecular weight is 254 g/mol. The third-order valence-electron chi connectivity index (χ3n) is 2.60. The third-order valence-corrected chi connectivity index (χ3v) is 2.60. The van der Waals surface area contributed by atoms with Crippen LogP contribution in [0, 0.1) is 11.3 Å². The predicted molar refractivity (Wildman–Crippen MR) is 56.6 cm³/mol. The molecule has 0 atom stereocenters. The molecule has 2 aromatic heterocycles. The minimum absolute atomic E-state index is 0.0971. The Kier molecular flexibility index (Phi) is 2.54. The molecule has 0 unspecified atom stereocenters. The number of aromatic nitrogens is 3. The van der Waals surface area contributed by atoms with Crippen molar-refractivity contribution < 1.29 is 13.2 Å². The van der Waals surface area contributed by atoms with Crippen molar-refractivity contribution in [3.8, 4) is 6.07 Å². The van der Waals surface area contributed by atoms with Gasteiger partial charge in [-0.3, -0.25) is 0 Å². The lowest BCUT2D eigenvalue weighted by atomic mass is 9.89. The second-order valence-electron chi connectivity index (χ2n) is 4.41. The zero-order chi connectivity index (χ0) is 13.6. The van der Waals surface area contributed by atoms with E-state index in [0.29, 0.717) is 5.56 Å². The lowest BCUT2D eigenvalue weighted by molar-refractivity contribution is -0.141. The zero-order valence-electron chi connectivity index (χ0n) is 9.65. The van der Waals surface area contributed by atoms with Crippen molar-refractivity contribution in [2.24, 2.45) is 0 Å². The first-order valence-corrected chi connectivity index (χ1v) is 5.08. The number of alkyl halides is 3. The maximum Gasteiger partial charge on any atom is 0.435 e. The highest BCUT2D eigenvalue weighted by Crippen LogP contribution is 2.29. The number of fused-ring (bicyclic) bond motifs is 1. The van der Waals surface area contributed by atoms with Crippen molar-refractivity contribution in [3.05, 3.63) is 29.7 Å². The molecule has 0 spiro atoms. The van der Waals surface area contributed by atoms with E-state index in [4.69, 9.17) is 5.26 Å². The van der Waals surface area contributed by atoms with Gasteiger partial charge >= 0.3 is 6.18 Å². The first-order chi connectivity index (χ1) is 8.24. The second-order valence-corrected chi connectivity index (χ2v) is 4.41. The monoisotopic (exact) mass is 254 g/mol. The fourth-order valence-electron chi connectivity index (χ4n) is 1.40. The van der Waals surface area contributed by atoms with E-state index in [1.54, 1.807) is 13.8 Å². The topological polar surface area (TPSA) is 54.0 Å². The molecular weight excluding hydrogens is 245 g/mol. The summed E-state index contributed by atoms with van der Waals surface area (Å²) in [7, 11) is 0. The maximum atomic E-state index is 12.5.